The SMILES string of the molecule is CB(O)N1CCC(Oc2ccc(C=O)cn2)CC1.O=Cc1ccc(=O)[nH]c1. The fraction of sp³-hybridized carbons (Fsp3) is 0.333. The Balaban J connectivity index is 0.000000244. The molecule has 1 aliphatic rings. The van der Waals surface area contributed by atoms with Gasteiger partial charge >= 0.3 is 7.05 Å². The first-order valence-corrected chi connectivity index (χ1v) is 8.65. The largest absolute Gasteiger partial charge is 0.474 e. The summed E-state index contributed by atoms with van der Waals surface area (Å²) in [6.45, 7) is 3.43. The summed E-state index contributed by atoms with van der Waals surface area (Å²) in [4.78, 5) is 39.3. The van der Waals surface area contributed by atoms with Crippen LogP contribution in [0.5, 0.6) is 5.88 Å². The minimum atomic E-state index is -0.393. The van der Waals surface area contributed by atoms with Crippen LogP contribution in [0.25, 0.3) is 0 Å². The number of piperidine rings is 1. The van der Waals surface area contributed by atoms with Crippen molar-refractivity contribution in [1.82, 2.24) is 14.8 Å². The molecular weight excluding hydrogens is 349 g/mol. The number of rotatable bonds is 5. The number of pyridine rings is 2. The Bertz CT molecular complexity index is 766. The fourth-order valence-electron chi connectivity index (χ4n) is 2.57. The normalized spacial score (nSPS) is 14.6. The van der Waals surface area contributed by atoms with Gasteiger partial charge in [-0.25, -0.2) is 4.98 Å². The topological polar surface area (TPSA) is 113 Å². The fourth-order valence-corrected chi connectivity index (χ4v) is 2.57. The number of ether oxygens (including phenoxy) is 1. The van der Waals surface area contributed by atoms with Gasteiger partial charge < -0.3 is 19.6 Å². The third-order valence-corrected chi connectivity index (χ3v) is 4.13. The van der Waals surface area contributed by atoms with Crippen LogP contribution in [-0.2, 0) is 0 Å². The summed E-state index contributed by atoms with van der Waals surface area (Å²) in [6.07, 6.45) is 6.20. The number of aromatic amines is 1. The van der Waals surface area contributed by atoms with E-state index in [1.807, 2.05) is 4.81 Å². The maximum atomic E-state index is 10.5. The average molecular weight is 371 g/mol. The minimum Gasteiger partial charge on any atom is -0.474 e. The summed E-state index contributed by atoms with van der Waals surface area (Å²) in [5, 5.41) is 9.45. The van der Waals surface area contributed by atoms with E-state index in [0.29, 0.717) is 23.3 Å². The van der Waals surface area contributed by atoms with Gasteiger partial charge in [-0.1, -0.05) is 0 Å². The summed E-state index contributed by atoms with van der Waals surface area (Å²) < 4.78 is 5.75. The van der Waals surface area contributed by atoms with E-state index in [1.54, 1.807) is 19.0 Å². The van der Waals surface area contributed by atoms with Crippen molar-refractivity contribution in [3.63, 3.8) is 0 Å². The smallest absolute Gasteiger partial charge is 0.376 e. The van der Waals surface area contributed by atoms with Crippen LogP contribution in [0.2, 0.25) is 6.82 Å². The molecule has 8 nitrogen and oxygen atoms in total. The van der Waals surface area contributed by atoms with Gasteiger partial charge in [0.25, 0.3) is 0 Å². The molecule has 0 unspecified atom stereocenters. The highest BCUT2D eigenvalue weighted by molar-refractivity contribution is 6.45. The Morgan fingerprint density at radius 3 is 2.33 bits per heavy atom. The second kappa shape index (κ2) is 10.4. The number of aromatic nitrogens is 2. The van der Waals surface area contributed by atoms with Crippen LogP contribution in [0.1, 0.15) is 33.6 Å². The summed E-state index contributed by atoms with van der Waals surface area (Å²) >= 11 is 0. The quantitative estimate of drug-likeness (QED) is 0.596. The molecule has 0 amide bonds. The molecule has 2 aromatic heterocycles. The first-order chi connectivity index (χ1) is 13.0. The highest BCUT2D eigenvalue weighted by Gasteiger charge is 2.25. The second-order valence-electron chi connectivity index (χ2n) is 6.14. The van der Waals surface area contributed by atoms with Gasteiger partial charge in [0.1, 0.15) is 6.10 Å². The van der Waals surface area contributed by atoms with Gasteiger partial charge in [0, 0.05) is 35.7 Å². The maximum absolute atomic E-state index is 10.5. The zero-order chi connectivity index (χ0) is 19.6. The molecular formula is C18H22BN3O5. The van der Waals surface area contributed by atoms with Crippen LogP contribution >= 0.6 is 0 Å². The summed E-state index contributed by atoms with van der Waals surface area (Å²) in [5.74, 6) is 0.552. The zero-order valence-electron chi connectivity index (χ0n) is 15.1. The van der Waals surface area contributed by atoms with Crippen LogP contribution in [0.4, 0.5) is 0 Å². The molecule has 0 aliphatic carbocycles. The molecule has 9 heteroatoms. The molecule has 0 atom stereocenters. The van der Waals surface area contributed by atoms with E-state index in [4.69, 9.17) is 4.74 Å². The lowest BCUT2D eigenvalue weighted by atomic mass is 9.82. The molecule has 2 aromatic rings. The van der Waals surface area contributed by atoms with Gasteiger partial charge in [-0.2, -0.15) is 0 Å². The standard InChI is InChI=1S/C12H17BN2O3.C6H5NO2/c1-13(17)15-6-4-11(5-7-15)18-12-3-2-10(9-16)8-14-12;8-4-5-1-2-6(9)7-3-5/h2-3,8-9,11,17H,4-7H2,1H3;1-4H,(H,7,9). The van der Waals surface area contributed by atoms with E-state index in [1.165, 1.54) is 24.5 Å². The van der Waals surface area contributed by atoms with Crippen LogP contribution in [0.15, 0.2) is 41.5 Å². The van der Waals surface area contributed by atoms with Gasteiger partial charge in [-0.05, 0) is 44.9 Å². The molecule has 3 rings (SSSR count). The van der Waals surface area contributed by atoms with Crippen molar-refractivity contribution in [1.29, 1.82) is 0 Å². The van der Waals surface area contributed by atoms with Gasteiger partial charge in [0.15, 0.2) is 12.6 Å². The van der Waals surface area contributed by atoms with Gasteiger partial charge in [0.2, 0.25) is 11.4 Å². The van der Waals surface area contributed by atoms with Crippen LogP contribution in [0, 0.1) is 0 Å². The molecule has 3 heterocycles. The van der Waals surface area contributed by atoms with Gasteiger partial charge in [-0.15, -0.1) is 0 Å². The third kappa shape index (κ3) is 6.80. The first-order valence-electron chi connectivity index (χ1n) is 8.65. The minimum absolute atomic E-state index is 0.134. The molecule has 1 fully saturated rings. The molecule has 27 heavy (non-hydrogen) atoms. The van der Waals surface area contributed by atoms with Gasteiger partial charge in [-0.3, -0.25) is 14.4 Å². The molecule has 0 spiro atoms. The average Bonchev–Trinajstić information content (AvgIpc) is 2.70. The van der Waals surface area contributed by atoms with Crippen molar-refractivity contribution in [3.8, 4) is 5.88 Å². The Labute approximate surface area is 157 Å². The van der Waals surface area contributed by atoms with E-state index in [9.17, 15) is 19.4 Å². The van der Waals surface area contributed by atoms with Crippen LogP contribution in [-0.4, -0.2) is 58.6 Å². The Morgan fingerprint density at radius 1 is 1.19 bits per heavy atom. The lowest BCUT2D eigenvalue weighted by Gasteiger charge is -2.32. The number of aldehydes is 2. The van der Waals surface area contributed by atoms with Gasteiger partial charge in [0.05, 0.1) is 0 Å². The van der Waals surface area contributed by atoms with Crippen molar-refractivity contribution < 1.29 is 19.3 Å². The Kier molecular flexibility index (Phi) is 7.90. The van der Waals surface area contributed by atoms with Crippen molar-refractivity contribution in [2.45, 2.75) is 25.8 Å². The van der Waals surface area contributed by atoms with E-state index in [-0.39, 0.29) is 11.7 Å². The highest BCUT2D eigenvalue weighted by atomic mass is 16.5. The Hall–Kier alpha value is -2.78. The Morgan fingerprint density at radius 2 is 1.85 bits per heavy atom. The molecule has 0 aromatic carbocycles. The number of carbonyl (C=O) groups excluding carboxylic acids is 2. The maximum Gasteiger partial charge on any atom is 0.376 e. The third-order valence-electron chi connectivity index (χ3n) is 4.13. The van der Waals surface area contributed by atoms with E-state index >= 15 is 0 Å². The number of hydrogen-bond donors (Lipinski definition) is 2. The predicted octanol–water partition coefficient (Wildman–Crippen LogP) is 1.03. The van der Waals surface area contributed by atoms with Crippen molar-refractivity contribution in [2.24, 2.45) is 0 Å². The van der Waals surface area contributed by atoms with Crippen LogP contribution in [0.3, 0.4) is 0 Å². The van der Waals surface area contributed by atoms with E-state index in [0.717, 1.165) is 32.2 Å². The first kappa shape index (κ1) is 20.5. The van der Waals surface area contributed by atoms with E-state index in [2.05, 4.69) is 9.97 Å². The zero-order valence-corrected chi connectivity index (χ0v) is 15.1. The number of nitrogens with zero attached hydrogens (tertiary/aromatic N) is 2. The summed E-state index contributed by atoms with van der Waals surface area (Å²) in [5.41, 5.74) is 0.835. The van der Waals surface area contributed by atoms with Crippen molar-refractivity contribution >= 4 is 19.6 Å². The molecule has 0 saturated carbocycles. The number of nitrogens with one attached hydrogen (secondary N) is 1. The van der Waals surface area contributed by atoms with Crippen molar-refractivity contribution in [2.75, 3.05) is 13.1 Å². The van der Waals surface area contributed by atoms with E-state index < -0.39 is 7.05 Å². The predicted molar refractivity (Wildman–Crippen MR) is 101 cm³/mol. The van der Waals surface area contributed by atoms with Crippen LogP contribution < -0.4 is 10.3 Å². The molecule has 1 aliphatic heterocycles. The molecule has 142 valence electrons. The summed E-state index contributed by atoms with van der Waals surface area (Å²) in [7, 11) is -0.393. The molecule has 0 bridgehead atoms. The molecule has 1 saturated heterocycles. The molecule has 0 radical (unpaired) electrons. The molecule has 2 N–H and O–H groups in total. The highest BCUT2D eigenvalue weighted by Crippen LogP contribution is 2.17. The lowest BCUT2D eigenvalue weighted by Crippen LogP contribution is -2.45. The lowest BCUT2D eigenvalue weighted by molar-refractivity contribution is 0.111. The number of hydrogen-bond acceptors (Lipinski definition) is 7. The number of H-pyrrole nitrogens is 1. The monoisotopic (exact) mass is 371 g/mol. The second-order valence-corrected chi connectivity index (χ2v) is 6.14. The summed E-state index contributed by atoms with van der Waals surface area (Å²) in [6, 6.07) is 6.18. The number of carbonyl (C=O) groups is 2. The van der Waals surface area contributed by atoms with Crippen molar-refractivity contribution in [3.05, 3.63) is 58.1 Å².